The van der Waals surface area contributed by atoms with Crippen molar-refractivity contribution in [3.63, 3.8) is 0 Å². The molecule has 3 aliphatic rings. The number of nitrogens with zero attached hydrogens (tertiary/aromatic N) is 4. The van der Waals surface area contributed by atoms with E-state index in [0.717, 1.165) is 44.5 Å². The standard InChI is InChI=1S/C27H33F3N4O3/c1-17-22(15-19-4-3-5-20(14-19)27(28,29)30)31-18(2)32-25(17)26(35)33-9-6-21(7-10-33)34-11-13-37-24-16-36-12-8-23(24)34/h3-5,14,21,23-24H,6-13,15-16H2,1-2H3/t23-,24+/m1/s1. The molecular formula is C27H33F3N4O3. The van der Waals surface area contributed by atoms with Gasteiger partial charge in [-0.3, -0.25) is 9.69 Å². The lowest BCUT2D eigenvalue weighted by Crippen LogP contribution is -2.60. The number of carbonyl (C=O) groups excluding carboxylic acids is 1. The fourth-order valence-electron chi connectivity index (χ4n) is 5.84. The molecule has 2 atom stereocenters. The van der Waals surface area contributed by atoms with Gasteiger partial charge in [0.2, 0.25) is 0 Å². The summed E-state index contributed by atoms with van der Waals surface area (Å²) < 4.78 is 51.0. The Morgan fingerprint density at radius 3 is 2.62 bits per heavy atom. The molecule has 0 saturated carbocycles. The molecule has 2 aromatic rings. The molecule has 4 heterocycles. The minimum Gasteiger partial charge on any atom is -0.379 e. The van der Waals surface area contributed by atoms with Crippen molar-refractivity contribution in [2.75, 3.05) is 39.5 Å². The highest BCUT2D eigenvalue weighted by Gasteiger charge is 2.39. The number of ether oxygens (including phenoxy) is 2. The highest BCUT2D eigenvalue weighted by molar-refractivity contribution is 5.94. The third-order valence-corrected chi connectivity index (χ3v) is 7.78. The molecule has 37 heavy (non-hydrogen) atoms. The summed E-state index contributed by atoms with van der Waals surface area (Å²) in [6.07, 6.45) is -1.34. The highest BCUT2D eigenvalue weighted by Crippen LogP contribution is 2.31. The molecular weight excluding hydrogens is 485 g/mol. The molecule has 0 aliphatic carbocycles. The van der Waals surface area contributed by atoms with Gasteiger partial charge in [-0.2, -0.15) is 13.2 Å². The summed E-state index contributed by atoms with van der Waals surface area (Å²) in [5.41, 5.74) is 1.33. The lowest BCUT2D eigenvalue weighted by molar-refractivity contribution is -0.148. The van der Waals surface area contributed by atoms with Crippen molar-refractivity contribution in [1.82, 2.24) is 19.8 Å². The van der Waals surface area contributed by atoms with E-state index >= 15 is 0 Å². The molecule has 7 nitrogen and oxygen atoms in total. The van der Waals surface area contributed by atoms with Crippen LogP contribution in [0.4, 0.5) is 13.2 Å². The van der Waals surface area contributed by atoms with Gasteiger partial charge in [0.25, 0.3) is 5.91 Å². The molecule has 200 valence electrons. The van der Waals surface area contributed by atoms with Gasteiger partial charge in [-0.1, -0.05) is 18.2 Å². The normalized spacial score (nSPS) is 23.6. The Balaban J connectivity index is 1.27. The number of aromatic nitrogens is 2. The van der Waals surface area contributed by atoms with Gasteiger partial charge in [-0.25, -0.2) is 9.97 Å². The van der Waals surface area contributed by atoms with Crippen molar-refractivity contribution in [2.24, 2.45) is 0 Å². The fourth-order valence-corrected chi connectivity index (χ4v) is 5.84. The van der Waals surface area contributed by atoms with Crippen LogP contribution in [-0.4, -0.2) is 83.3 Å². The first-order valence-corrected chi connectivity index (χ1v) is 13.0. The number of likely N-dealkylation sites (tertiary alicyclic amines) is 1. The predicted molar refractivity (Wildman–Crippen MR) is 130 cm³/mol. The summed E-state index contributed by atoms with van der Waals surface area (Å²) in [6.45, 7) is 7.78. The van der Waals surface area contributed by atoms with E-state index in [1.165, 1.54) is 6.07 Å². The van der Waals surface area contributed by atoms with Gasteiger partial charge in [0.05, 0.1) is 30.6 Å². The Hall–Kier alpha value is -2.56. The molecule has 1 aromatic carbocycles. The van der Waals surface area contributed by atoms with Crippen LogP contribution >= 0.6 is 0 Å². The van der Waals surface area contributed by atoms with Crippen molar-refractivity contribution in [2.45, 2.75) is 63.9 Å². The number of rotatable bonds is 4. The van der Waals surface area contributed by atoms with Crippen LogP contribution in [0.15, 0.2) is 24.3 Å². The maximum Gasteiger partial charge on any atom is 0.416 e. The second-order valence-electron chi connectivity index (χ2n) is 10.2. The topological polar surface area (TPSA) is 67.8 Å². The highest BCUT2D eigenvalue weighted by atomic mass is 19.4. The number of morpholine rings is 1. The van der Waals surface area contributed by atoms with Gasteiger partial charge >= 0.3 is 6.18 Å². The van der Waals surface area contributed by atoms with E-state index in [9.17, 15) is 18.0 Å². The van der Waals surface area contributed by atoms with E-state index < -0.39 is 11.7 Å². The number of hydrogen-bond acceptors (Lipinski definition) is 6. The van der Waals surface area contributed by atoms with Gasteiger partial charge in [0.15, 0.2) is 0 Å². The zero-order valence-electron chi connectivity index (χ0n) is 21.3. The first-order chi connectivity index (χ1) is 17.7. The number of alkyl halides is 3. The number of amides is 1. The molecule has 3 saturated heterocycles. The van der Waals surface area contributed by atoms with Crippen LogP contribution in [0.2, 0.25) is 0 Å². The average molecular weight is 519 g/mol. The lowest BCUT2D eigenvalue weighted by atomic mass is 9.95. The zero-order chi connectivity index (χ0) is 26.2. The van der Waals surface area contributed by atoms with Gasteiger partial charge in [0, 0.05) is 50.3 Å². The number of halogens is 3. The number of hydrogen-bond donors (Lipinski definition) is 0. The van der Waals surface area contributed by atoms with E-state index in [4.69, 9.17) is 9.47 Å². The van der Waals surface area contributed by atoms with Crippen molar-refractivity contribution < 1.29 is 27.4 Å². The summed E-state index contributed by atoms with van der Waals surface area (Å²) in [4.78, 5) is 26.8. The summed E-state index contributed by atoms with van der Waals surface area (Å²) in [5, 5.41) is 0. The fraction of sp³-hybridized carbons (Fsp3) is 0.593. The Bertz CT molecular complexity index is 1130. The quantitative estimate of drug-likeness (QED) is 0.614. The van der Waals surface area contributed by atoms with Crippen LogP contribution in [-0.2, 0) is 22.1 Å². The zero-order valence-corrected chi connectivity index (χ0v) is 21.3. The summed E-state index contributed by atoms with van der Waals surface area (Å²) in [5.74, 6) is 0.294. The Morgan fingerprint density at radius 2 is 1.86 bits per heavy atom. The molecule has 3 aliphatic heterocycles. The van der Waals surface area contributed by atoms with E-state index in [1.54, 1.807) is 19.9 Å². The molecule has 0 bridgehead atoms. The number of fused-ring (bicyclic) bond motifs is 1. The predicted octanol–water partition coefficient (Wildman–Crippen LogP) is 3.80. The maximum atomic E-state index is 13.5. The smallest absolute Gasteiger partial charge is 0.379 e. The average Bonchev–Trinajstić information content (AvgIpc) is 2.89. The maximum absolute atomic E-state index is 13.5. The molecule has 0 spiro atoms. The van der Waals surface area contributed by atoms with Crippen LogP contribution < -0.4 is 0 Å². The second-order valence-corrected chi connectivity index (χ2v) is 10.2. The SMILES string of the molecule is Cc1nc(Cc2cccc(C(F)(F)F)c2)c(C)c(C(=O)N2CCC(N3CCO[C@H]4COCC[C@H]43)CC2)n1. The lowest BCUT2D eigenvalue weighted by Gasteiger charge is -2.49. The van der Waals surface area contributed by atoms with Crippen molar-refractivity contribution >= 4 is 5.91 Å². The number of piperidine rings is 1. The van der Waals surface area contributed by atoms with Crippen molar-refractivity contribution in [3.8, 4) is 0 Å². The number of aryl methyl sites for hydroxylation is 1. The molecule has 10 heteroatoms. The van der Waals surface area contributed by atoms with Gasteiger partial charge in [-0.15, -0.1) is 0 Å². The minimum absolute atomic E-state index is 0.129. The van der Waals surface area contributed by atoms with Gasteiger partial charge in [-0.05, 0) is 44.7 Å². The van der Waals surface area contributed by atoms with E-state index in [1.807, 2.05) is 4.90 Å². The van der Waals surface area contributed by atoms with Crippen LogP contribution in [0.3, 0.4) is 0 Å². The first kappa shape index (κ1) is 26.1. The first-order valence-electron chi connectivity index (χ1n) is 13.0. The molecule has 5 rings (SSSR count). The molecule has 1 aromatic heterocycles. The summed E-state index contributed by atoms with van der Waals surface area (Å²) in [7, 11) is 0. The third-order valence-electron chi connectivity index (χ3n) is 7.78. The van der Waals surface area contributed by atoms with E-state index in [2.05, 4.69) is 14.9 Å². The monoisotopic (exact) mass is 518 g/mol. The third kappa shape index (κ3) is 5.66. The molecule has 3 fully saturated rings. The molecule has 0 N–H and O–H groups in total. The Morgan fingerprint density at radius 1 is 1.08 bits per heavy atom. The van der Waals surface area contributed by atoms with Crippen molar-refractivity contribution in [3.05, 3.63) is 58.2 Å². The second kappa shape index (κ2) is 10.7. The van der Waals surface area contributed by atoms with Crippen LogP contribution in [0, 0.1) is 13.8 Å². The number of benzene rings is 1. The summed E-state index contributed by atoms with van der Waals surface area (Å²) in [6, 6.07) is 6.02. The molecule has 0 radical (unpaired) electrons. The van der Waals surface area contributed by atoms with Crippen LogP contribution in [0.1, 0.15) is 58.0 Å². The number of carbonyl (C=O) groups is 1. The minimum atomic E-state index is -4.41. The largest absolute Gasteiger partial charge is 0.416 e. The van der Waals surface area contributed by atoms with Crippen LogP contribution in [0.25, 0.3) is 0 Å². The molecule has 1 amide bonds. The van der Waals surface area contributed by atoms with Gasteiger partial charge < -0.3 is 14.4 Å². The summed E-state index contributed by atoms with van der Waals surface area (Å²) >= 11 is 0. The van der Waals surface area contributed by atoms with Gasteiger partial charge in [0.1, 0.15) is 11.5 Å². The van der Waals surface area contributed by atoms with E-state index in [-0.39, 0.29) is 18.4 Å². The van der Waals surface area contributed by atoms with Crippen molar-refractivity contribution in [1.29, 1.82) is 0 Å². The van der Waals surface area contributed by atoms with E-state index in [0.29, 0.717) is 66.7 Å². The molecule has 0 unspecified atom stereocenters. The Kier molecular flexibility index (Phi) is 7.51. The Labute approximate surface area is 215 Å². The van der Waals surface area contributed by atoms with Crippen LogP contribution in [0.5, 0.6) is 0 Å².